The van der Waals surface area contributed by atoms with Crippen molar-refractivity contribution in [2.75, 3.05) is 30.3 Å². The summed E-state index contributed by atoms with van der Waals surface area (Å²) in [5, 5.41) is 7.89. The van der Waals surface area contributed by atoms with E-state index >= 15 is 0 Å². The molecule has 5 nitrogen and oxygen atoms in total. The van der Waals surface area contributed by atoms with E-state index in [1.54, 1.807) is 11.3 Å². The minimum atomic E-state index is 0.380. The zero-order valence-corrected chi connectivity index (χ0v) is 13.4. The van der Waals surface area contributed by atoms with Crippen molar-refractivity contribution in [1.29, 1.82) is 0 Å². The summed E-state index contributed by atoms with van der Waals surface area (Å²) in [5.41, 5.74) is 8.23. The molecular formula is C16H21N5S. The molecule has 22 heavy (non-hydrogen) atoms. The Hall–Kier alpha value is -1.66. The van der Waals surface area contributed by atoms with Gasteiger partial charge in [0.2, 0.25) is 5.95 Å². The number of fused-ring (bicyclic) bond motifs is 1. The second-order valence-electron chi connectivity index (χ2n) is 6.25. The molecule has 2 atom stereocenters. The molecule has 2 aromatic rings. The standard InChI is InChI=1S/C16H21N5S/c17-16-19-13(6-11-3-5-22-10-11)7-15(20-16)21-8-12-2-1-4-18-14(12)9-21/h3,5,7,10,12,14,18H,1-2,4,6,8-9H2,(H2,17,19,20)/t12-,14+/m1/s1. The van der Waals surface area contributed by atoms with Gasteiger partial charge in [-0.15, -0.1) is 0 Å². The van der Waals surface area contributed by atoms with Crippen molar-refractivity contribution in [3.63, 3.8) is 0 Å². The Bertz CT molecular complexity index is 628. The summed E-state index contributed by atoms with van der Waals surface area (Å²) >= 11 is 1.71. The van der Waals surface area contributed by atoms with Gasteiger partial charge in [-0.05, 0) is 47.7 Å². The van der Waals surface area contributed by atoms with Crippen LogP contribution in [-0.2, 0) is 6.42 Å². The molecule has 4 rings (SSSR count). The lowest BCUT2D eigenvalue weighted by molar-refractivity contribution is 0.340. The number of hydrogen-bond acceptors (Lipinski definition) is 6. The highest BCUT2D eigenvalue weighted by molar-refractivity contribution is 7.07. The van der Waals surface area contributed by atoms with E-state index in [1.807, 2.05) is 0 Å². The van der Waals surface area contributed by atoms with Gasteiger partial charge in [0.1, 0.15) is 5.82 Å². The third kappa shape index (κ3) is 2.80. The van der Waals surface area contributed by atoms with Gasteiger partial charge < -0.3 is 16.0 Å². The number of thiophene rings is 1. The van der Waals surface area contributed by atoms with Crippen molar-refractivity contribution in [2.24, 2.45) is 5.92 Å². The Labute approximate surface area is 134 Å². The number of hydrogen-bond donors (Lipinski definition) is 2. The van der Waals surface area contributed by atoms with Crippen LogP contribution in [0.25, 0.3) is 0 Å². The van der Waals surface area contributed by atoms with Gasteiger partial charge in [-0.25, -0.2) is 4.98 Å². The van der Waals surface area contributed by atoms with Crippen LogP contribution in [0.3, 0.4) is 0 Å². The highest BCUT2D eigenvalue weighted by Crippen LogP contribution is 2.29. The van der Waals surface area contributed by atoms with Gasteiger partial charge in [0.05, 0.1) is 5.69 Å². The molecule has 116 valence electrons. The fourth-order valence-corrected chi connectivity index (χ4v) is 4.26. The van der Waals surface area contributed by atoms with Crippen molar-refractivity contribution < 1.29 is 0 Å². The first-order valence-corrected chi connectivity index (χ1v) is 8.85. The van der Waals surface area contributed by atoms with Crippen molar-refractivity contribution in [2.45, 2.75) is 25.3 Å². The molecular weight excluding hydrogens is 294 g/mol. The van der Waals surface area contributed by atoms with Gasteiger partial charge in [-0.1, -0.05) is 0 Å². The van der Waals surface area contributed by atoms with Crippen LogP contribution < -0.4 is 16.0 Å². The van der Waals surface area contributed by atoms with Crippen molar-refractivity contribution in [3.05, 3.63) is 34.2 Å². The zero-order chi connectivity index (χ0) is 14.9. The number of rotatable bonds is 3. The maximum absolute atomic E-state index is 5.94. The van der Waals surface area contributed by atoms with E-state index in [0.29, 0.717) is 12.0 Å². The minimum absolute atomic E-state index is 0.380. The number of nitrogens with one attached hydrogen (secondary N) is 1. The molecule has 0 spiro atoms. The molecule has 4 heterocycles. The predicted molar refractivity (Wildman–Crippen MR) is 90.3 cm³/mol. The number of nitrogens with zero attached hydrogens (tertiary/aromatic N) is 3. The highest BCUT2D eigenvalue weighted by atomic mass is 32.1. The first-order chi connectivity index (χ1) is 10.8. The van der Waals surface area contributed by atoms with Crippen molar-refractivity contribution in [3.8, 4) is 0 Å². The molecule has 0 unspecified atom stereocenters. The van der Waals surface area contributed by atoms with E-state index in [4.69, 9.17) is 5.73 Å². The molecule has 0 aliphatic carbocycles. The lowest BCUT2D eigenvalue weighted by Gasteiger charge is -2.24. The van der Waals surface area contributed by atoms with Crippen LogP contribution in [0, 0.1) is 5.92 Å². The maximum Gasteiger partial charge on any atom is 0.222 e. The lowest BCUT2D eigenvalue weighted by atomic mass is 9.94. The Morgan fingerprint density at radius 3 is 3.14 bits per heavy atom. The fourth-order valence-electron chi connectivity index (χ4n) is 3.59. The van der Waals surface area contributed by atoms with Gasteiger partial charge in [0.15, 0.2) is 0 Å². The van der Waals surface area contributed by atoms with Gasteiger partial charge in [0.25, 0.3) is 0 Å². The Morgan fingerprint density at radius 2 is 2.32 bits per heavy atom. The quantitative estimate of drug-likeness (QED) is 0.905. The molecule has 2 aromatic heterocycles. The summed E-state index contributed by atoms with van der Waals surface area (Å²) in [6.07, 6.45) is 3.42. The SMILES string of the molecule is Nc1nc(Cc2ccsc2)cc(N2C[C@H]3CCCN[C@H]3C2)n1. The van der Waals surface area contributed by atoms with Gasteiger partial charge in [-0.3, -0.25) is 0 Å². The van der Waals surface area contributed by atoms with Crippen LogP contribution in [0.5, 0.6) is 0 Å². The monoisotopic (exact) mass is 315 g/mol. The van der Waals surface area contributed by atoms with E-state index in [-0.39, 0.29) is 0 Å². The summed E-state index contributed by atoms with van der Waals surface area (Å²) in [5.74, 6) is 2.10. The summed E-state index contributed by atoms with van der Waals surface area (Å²) < 4.78 is 0. The normalized spacial score (nSPS) is 24.5. The summed E-state index contributed by atoms with van der Waals surface area (Å²) in [4.78, 5) is 11.2. The van der Waals surface area contributed by atoms with Crippen LogP contribution in [0.2, 0.25) is 0 Å². The second kappa shape index (κ2) is 5.85. The summed E-state index contributed by atoms with van der Waals surface area (Å²) in [6, 6.07) is 4.84. The molecule has 0 aromatic carbocycles. The molecule has 3 N–H and O–H groups in total. The molecule has 0 saturated carbocycles. The predicted octanol–water partition coefficient (Wildman–Crippen LogP) is 1.90. The van der Waals surface area contributed by atoms with Gasteiger partial charge in [-0.2, -0.15) is 16.3 Å². The lowest BCUT2D eigenvalue weighted by Crippen LogP contribution is -2.40. The first kappa shape index (κ1) is 14.0. The second-order valence-corrected chi connectivity index (χ2v) is 7.03. The van der Waals surface area contributed by atoms with Crippen LogP contribution in [0.1, 0.15) is 24.1 Å². The minimum Gasteiger partial charge on any atom is -0.368 e. The third-order valence-electron chi connectivity index (χ3n) is 4.67. The van der Waals surface area contributed by atoms with E-state index in [0.717, 1.165) is 43.5 Å². The average molecular weight is 315 g/mol. The molecule has 2 aliphatic rings. The van der Waals surface area contributed by atoms with Gasteiger partial charge >= 0.3 is 0 Å². The molecule has 0 radical (unpaired) electrons. The Kier molecular flexibility index (Phi) is 3.72. The van der Waals surface area contributed by atoms with Crippen LogP contribution in [0.15, 0.2) is 22.9 Å². The smallest absolute Gasteiger partial charge is 0.222 e. The number of piperidine rings is 1. The first-order valence-electron chi connectivity index (χ1n) is 7.91. The van der Waals surface area contributed by atoms with Crippen molar-refractivity contribution in [1.82, 2.24) is 15.3 Å². The largest absolute Gasteiger partial charge is 0.368 e. The zero-order valence-electron chi connectivity index (χ0n) is 12.5. The van der Waals surface area contributed by atoms with E-state index in [2.05, 4.69) is 43.1 Å². The Morgan fingerprint density at radius 1 is 1.36 bits per heavy atom. The highest BCUT2D eigenvalue weighted by Gasteiger charge is 2.34. The molecule has 2 aliphatic heterocycles. The molecule has 2 fully saturated rings. The molecule has 6 heteroatoms. The van der Waals surface area contributed by atoms with Crippen LogP contribution in [-0.4, -0.2) is 35.6 Å². The van der Waals surface area contributed by atoms with Crippen LogP contribution >= 0.6 is 11.3 Å². The fraction of sp³-hybridized carbons (Fsp3) is 0.500. The Balaban J connectivity index is 1.55. The van der Waals surface area contributed by atoms with Crippen molar-refractivity contribution >= 4 is 23.1 Å². The molecule has 2 saturated heterocycles. The van der Waals surface area contributed by atoms with Crippen LogP contribution in [0.4, 0.5) is 11.8 Å². The maximum atomic E-state index is 5.94. The summed E-state index contributed by atoms with van der Waals surface area (Å²) in [7, 11) is 0. The topological polar surface area (TPSA) is 67.1 Å². The summed E-state index contributed by atoms with van der Waals surface area (Å²) in [6.45, 7) is 3.25. The van der Waals surface area contributed by atoms with Gasteiger partial charge in [0, 0.05) is 31.6 Å². The van der Waals surface area contributed by atoms with E-state index in [1.165, 1.54) is 18.4 Å². The van der Waals surface area contributed by atoms with E-state index < -0.39 is 0 Å². The number of nitrogen functional groups attached to an aromatic ring is 1. The molecule has 0 bridgehead atoms. The molecule has 0 amide bonds. The third-order valence-corrected chi connectivity index (χ3v) is 5.40. The number of nitrogens with two attached hydrogens (primary N) is 1. The van der Waals surface area contributed by atoms with E-state index in [9.17, 15) is 0 Å². The average Bonchev–Trinajstić information content (AvgIpc) is 3.15. The number of anilines is 2. The number of aromatic nitrogens is 2.